The van der Waals surface area contributed by atoms with Gasteiger partial charge in [0, 0.05) is 33.2 Å². The van der Waals surface area contributed by atoms with Crippen molar-refractivity contribution < 1.29 is 5.11 Å². The van der Waals surface area contributed by atoms with Crippen LogP contribution >= 0.6 is 11.3 Å². The first-order valence-corrected chi connectivity index (χ1v) is 11.2. The molecule has 6 aromatic rings. The van der Waals surface area contributed by atoms with Gasteiger partial charge in [-0.05, 0) is 34.5 Å². The Bertz CT molecular complexity index is 1570. The van der Waals surface area contributed by atoms with Crippen LogP contribution in [0, 0.1) is 6.07 Å². The highest BCUT2D eigenvalue weighted by molar-refractivity contribution is 7.17. The molecule has 0 unspecified atom stereocenters. The van der Waals surface area contributed by atoms with Gasteiger partial charge in [0.25, 0.3) is 0 Å². The maximum absolute atomic E-state index is 10.7. The smallest absolute Gasteiger partial charge is 0.220 e. The lowest BCUT2D eigenvalue weighted by molar-refractivity contribution is 0.460. The molecule has 3 aromatic heterocycles. The second kappa shape index (κ2) is 7.59. The van der Waals surface area contributed by atoms with Crippen LogP contribution in [0.5, 0.6) is 5.88 Å². The van der Waals surface area contributed by atoms with Crippen LogP contribution in [-0.2, 0) is 0 Å². The summed E-state index contributed by atoms with van der Waals surface area (Å²) in [5.74, 6) is -0.0141. The molecule has 0 saturated carbocycles. The molecule has 0 aliphatic heterocycles. The van der Waals surface area contributed by atoms with Crippen LogP contribution in [0.2, 0.25) is 0 Å². The molecule has 0 saturated heterocycles. The van der Waals surface area contributed by atoms with Gasteiger partial charge in [0.15, 0.2) is 0 Å². The lowest BCUT2D eigenvalue weighted by Crippen LogP contribution is -1.95. The molecule has 0 atom stereocenters. The molecular weight excluding hydrogens is 412 g/mol. The number of hydrogen-bond donors (Lipinski definition) is 1. The molecule has 0 aliphatic rings. The van der Waals surface area contributed by atoms with Crippen molar-refractivity contribution in [2.24, 2.45) is 0 Å². The fourth-order valence-corrected chi connectivity index (χ4v) is 5.08. The summed E-state index contributed by atoms with van der Waals surface area (Å²) in [6.07, 6.45) is 1.73. The number of nitrogens with zero attached hydrogens (tertiary/aromatic N) is 2. The molecule has 3 nitrogen and oxygen atoms in total. The third-order valence-electron chi connectivity index (χ3n) is 5.68. The number of rotatable bonds is 3. The van der Waals surface area contributed by atoms with Crippen molar-refractivity contribution in [2.45, 2.75) is 0 Å². The second-order valence-electron chi connectivity index (χ2n) is 7.58. The highest BCUT2D eigenvalue weighted by atomic mass is 32.1. The normalized spacial score (nSPS) is 11.2. The maximum atomic E-state index is 10.7. The molecule has 0 amide bonds. The Labute approximate surface area is 189 Å². The van der Waals surface area contributed by atoms with Gasteiger partial charge in [-0.25, -0.2) is 9.97 Å². The zero-order valence-corrected chi connectivity index (χ0v) is 17.8. The number of aromatic hydroxyl groups is 1. The Morgan fingerprint density at radius 2 is 1.62 bits per heavy atom. The van der Waals surface area contributed by atoms with E-state index in [1.807, 2.05) is 48.5 Å². The molecule has 3 heterocycles. The number of aromatic nitrogens is 2. The molecule has 1 N–H and O–H groups in total. The van der Waals surface area contributed by atoms with Crippen LogP contribution in [0.1, 0.15) is 0 Å². The van der Waals surface area contributed by atoms with Crippen LogP contribution in [0.4, 0.5) is 0 Å². The Balaban J connectivity index is 1.72. The van der Waals surface area contributed by atoms with E-state index in [2.05, 4.69) is 52.8 Å². The molecule has 151 valence electrons. The largest absolute Gasteiger partial charge is 0.493 e. The predicted octanol–water partition coefficient (Wildman–Crippen LogP) is 7.35. The van der Waals surface area contributed by atoms with Crippen molar-refractivity contribution in [1.82, 2.24) is 9.97 Å². The Morgan fingerprint density at radius 3 is 2.47 bits per heavy atom. The topological polar surface area (TPSA) is 46.0 Å². The van der Waals surface area contributed by atoms with E-state index in [1.54, 1.807) is 17.5 Å². The first-order valence-electron chi connectivity index (χ1n) is 10.3. The third kappa shape index (κ3) is 3.04. The summed E-state index contributed by atoms with van der Waals surface area (Å²) in [4.78, 5) is 9.47. The average Bonchev–Trinajstić information content (AvgIpc) is 3.34. The summed E-state index contributed by atoms with van der Waals surface area (Å²) in [6.45, 7) is 0. The summed E-state index contributed by atoms with van der Waals surface area (Å²) in [5, 5.41) is 14.6. The van der Waals surface area contributed by atoms with Gasteiger partial charge in [0.2, 0.25) is 5.88 Å². The van der Waals surface area contributed by atoms with Gasteiger partial charge in [0.05, 0.1) is 16.6 Å². The Hall–Kier alpha value is -4.02. The van der Waals surface area contributed by atoms with Gasteiger partial charge in [-0.1, -0.05) is 72.8 Å². The summed E-state index contributed by atoms with van der Waals surface area (Å²) in [6, 6.07) is 31.4. The number of benzene rings is 3. The summed E-state index contributed by atoms with van der Waals surface area (Å²) >= 11 is 1.70. The van der Waals surface area contributed by atoms with Gasteiger partial charge in [-0.3, -0.25) is 0 Å². The predicted molar refractivity (Wildman–Crippen MR) is 132 cm³/mol. The molecule has 0 bridgehead atoms. The number of hydrogen-bond acceptors (Lipinski definition) is 4. The van der Waals surface area contributed by atoms with E-state index in [4.69, 9.17) is 4.98 Å². The molecule has 4 heteroatoms. The Morgan fingerprint density at radius 1 is 0.781 bits per heavy atom. The molecule has 6 rings (SSSR count). The molecule has 3 aromatic carbocycles. The first kappa shape index (κ1) is 18.7. The van der Waals surface area contributed by atoms with Crippen molar-refractivity contribution in [1.29, 1.82) is 0 Å². The van der Waals surface area contributed by atoms with Gasteiger partial charge in [-0.2, -0.15) is 0 Å². The van der Waals surface area contributed by atoms with Crippen molar-refractivity contribution >= 4 is 32.3 Å². The Kier molecular flexibility index (Phi) is 4.44. The minimum absolute atomic E-state index is 0.0141. The molecule has 1 radical (unpaired) electrons. The minimum atomic E-state index is -0.0141. The van der Waals surface area contributed by atoms with Crippen LogP contribution in [0.3, 0.4) is 0 Å². The quantitative estimate of drug-likeness (QED) is 0.320. The third-order valence-corrected chi connectivity index (χ3v) is 6.64. The van der Waals surface area contributed by atoms with Gasteiger partial charge in [-0.15, -0.1) is 11.3 Å². The van der Waals surface area contributed by atoms with Gasteiger partial charge >= 0.3 is 0 Å². The van der Waals surface area contributed by atoms with Crippen molar-refractivity contribution in [3.63, 3.8) is 0 Å². The zero-order chi connectivity index (χ0) is 21.5. The molecule has 0 fully saturated rings. The second-order valence-corrected chi connectivity index (χ2v) is 8.49. The van der Waals surface area contributed by atoms with Crippen molar-refractivity contribution in [3.05, 3.63) is 103 Å². The van der Waals surface area contributed by atoms with Crippen LogP contribution in [0.25, 0.3) is 54.5 Å². The molecule has 0 spiro atoms. The SMILES string of the molecule is Oc1ncc(-c2cccc3ccsc23)c2nc(-c3cc[c]cc3)c(-c3ccccc3)cc12. The van der Waals surface area contributed by atoms with Crippen LogP contribution in [-0.4, -0.2) is 15.1 Å². The minimum Gasteiger partial charge on any atom is -0.493 e. The first-order chi connectivity index (χ1) is 15.8. The maximum Gasteiger partial charge on any atom is 0.220 e. The van der Waals surface area contributed by atoms with Crippen molar-refractivity contribution in [3.8, 4) is 39.4 Å². The van der Waals surface area contributed by atoms with Gasteiger partial charge < -0.3 is 5.11 Å². The van der Waals surface area contributed by atoms with E-state index in [0.29, 0.717) is 5.39 Å². The molecular formula is C28H17N2OS. The molecule has 32 heavy (non-hydrogen) atoms. The average molecular weight is 430 g/mol. The summed E-state index contributed by atoms with van der Waals surface area (Å²) < 4.78 is 1.19. The lowest BCUT2D eigenvalue weighted by Gasteiger charge is -2.14. The van der Waals surface area contributed by atoms with Crippen LogP contribution in [0.15, 0.2) is 96.5 Å². The zero-order valence-electron chi connectivity index (χ0n) is 17.0. The van der Waals surface area contributed by atoms with Gasteiger partial charge in [0.1, 0.15) is 0 Å². The summed E-state index contributed by atoms with van der Waals surface area (Å²) in [7, 11) is 0. The molecule has 0 aliphatic carbocycles. The van der Waals surface area contributed by atoms with E-state index >= 15 is 0 Å². The number of pyridine rings is 2. The van der Waals surface area contributed by atoms with Crippen LogP contribution < -0.4 is 0 Å². The van der Waals surface area contributed by atoms with E-state index in [0.717, 1.165) is 39.0 Å². The van der Waals surface area contributed by atoms with E-state index in [9.17, 15) is 5.11 Å². The summed E-state index contributed by atoms with van der Waals surface area (Å²) in [5.41, 5.74) is 6.57. The van der Waals surface area contributed by atoms with Crippen molar-refractivity contribution in [2.75, 3.05) is 0 Å². The number of fused-ring (bicyclic) bond motifs is 2. The highest BCUT2D eigenvalue weighted by Crippen LogP contribution is 2.41. The highest BCUT2D eigenvalue weighted by Gasteiger charge is 2.18. The lowest BCUT2D eigenvalue weighted by atomic mass is 9.96. The van der Waals surface area contributed by atoms with E-state index < -0.39 is 0 Å². The monoisotopic (exact) mass is 429 g/mol. The standard InChI is InChI=1S/C28H17N2OS/c31-28-23-16-22(18-8-3-1-4-9-18)25(19-10-5-2-6-11-19)30-26(23)24(17-29-28)21-13-7-12-20-14-15-32-27(20)21/h1,3-17H,(H,29,31). The fraction of sp³-hybridized carbons (Fsp3) is 0. The fourth-order valence-electron chi connectivity index (χ4n) is 4.15. The number of thiophene rings is 1. The van der Waals surface area contributed by atoms with E-state index in [1.165, 1.54) is 10.1 Å². The van der Waals surface area contributed by atoms with E-state index in [-0.39, 0.29) is 5.88 Å².